The van der Waals surface area contributed by atoms with Crippen molar-refractivity contribution >= 4 is 0 Å². The predicted molar refractivity (Wildman–Crippen MR) is 73.3 cm³/mol. The quantitative estimate of drug-likeness (QED) is 0.843. The van der Waals surface area contributed by atoms with Crippen molar-refractivity contribution in [3.63, 3.8) is 0 Å². The molecular weight excluding hydrogens is 242 g/mol. The summed E-state index contributed by atoms with van der Waals surface area (Å²) < 4.78 is 10.8. The monoisotopic (exact) mass is 265 g/mol. The Kier molecular flexibility index (Phi) is 5.10. The number of nitrogens with one attached hydrogen (secondary N) is 1. The first-order valence-electron chi connectivity index (χ1n) is 6.94. The Morgan fingerprint density at radius 1 is 1.53 bits per heavy atom. The largest absolute Gasteiger partial charge is 0.481 e. The molecule has 1 fully saturated rings. The van der Waals surface area contributed by atoms with Gasteiger partial charge in [0.1, 0.15) is 6.33 Å². The van der Waals surface area contributed by atoms with Gasteiger partial charge in [0.25, 0.3) is 0 Å². The number of ether oxygens (including phenoxy) is 2. The molecule has 0 saturated carbocycles. The van der Waals surface area contributed by atoms with Crippen LogP contribution >= 0.6 is 0 Å². The third-order valence-electron chi connectivity index (χ3n) is 3.75. The molecule has 1 aromatic heterocycles. The molecular formula is C14H23N3O2. The molecule has 0 radical (unpaired) electrons. The van der Waals surface area contributed by atoms with Gasteiger partial charge in [-0.05, 0) is 19.9 Å². The van der Waals surface area contributed by atoms with E-state index in [1.54, 1.807) is 13.4 Å². The Bertz CT molecular complexity index is 400. The lowest BCUT2D eigenvalue weighted by Crippen LogP contribution is -2.41. The number of likely N-dealkylation sites (N-methyl/N-ethyl adjacent to an activating group) is 1. The van der Waals surface area contributed by atoms with Crippen molar-refractivity contribution in [2.75, 3.05) is 20.3 Å². The van der Waals surface area contributed by atoms with Crippen LogP contribution < -0.4 is 10.1 Å². The summed E-state index contributed by atoms with van der Waals surface area (Å²) in [6.45, 7) is 6.10. The van der Waals surface area contributed by atoms with E-state index in [1.165, 1.54) is 0 Å². The second-order valence-electron chi connectivity index (χ2n) is 4.95. The smallest absolute Gasteiger partial charge is 0.216 e. The predicted octanol–water partition coefficient (Wildman–Crippen LogP) is 1.43. The minimum atomic E-state index is 0.313. The van der Waals surface area contributed by atoms with E-state index in [-0.39, 0.29) is 0 Å². The van der Waals surface area contributed by atoms with Gasteiger partial charge in [-0.25, -0.2) is 9.97 Å². The Morgan fingerprint density at radius 3 is 3.00 bits per heavy atom. The minimum Gasteiger partial charge on any atom is -0.481 e. The van der Waals surface area contributed by atoms with Gasteiger partial charge in [-0.3, -0.25) is 0 Å². The van der Waals surface area contributed by atoms with E-state index >= 15 is 0 Å². The van der Waals surface area contributed by atoms with Crippen LogP contribution in [0.25, 0.3) is 0 Å². The molecule has 1 aromatic rings. The van der Waals surface area contributed by atoms with Crippen LogP contribution in [0.1, 0.15) is 26.0 Å². The van der Waals surface area contributed by atoms with E-state index in [0.717, 1.165) is 31.7 Å². The van der Waals surface area contributed by atoms with Crippen LogP contribution in [0, 0.1) is 5.92 Å². The van der Waals surface area contributed by atoms with Gasteiger partial charge in [-0.15, -0.1) is 0 Å². The molecule has 5 heteroatoms. The molecule has 0 aliphatic carbocycles. The molecule has 106 valence electrons. The van der Waals surface area contributed by atoms with Crippen molar-refractivity contribution in [2.24, 2.45) is 5.92 Å². The Hall–Kier alpha value is -1.20. The fourth-order valence-electron chi connectivity index (χ4n) is 2.74. The molecule has 1 N–H and O–H groups in total. The molecule has 3 atom stereocenters. The molecule has 3 unspecified atom stereocenters. The fraction of sp³-hybridized carbons (Fsp3) is 0.714. The topological polar surface area (TPSA) is 56.3 Å². The van der Waals surface area contributed by atoms with Gasteiger partial charge in [0.15, 0.2) is 0 Å². The summed E-state index contributed by atoms with van der Waals surface area (Å²) in [5, 5.41) is 3.56. The van der Waals surface area contributed by atoms with E-state index in [9.17, 15) is 0 Å². The lowest BCUT2D eigenvalue weighted by molar-refractivity contribution is 0.0954. The normalized spacial score (nSPS) is 24.4. The zero-order valence-corrected chi connectivity index (χ0v) is 11.9. The third-order valence-corrected chi connectivity index (χ3v) is 3.75. The van der Waals surface area contributed by atoms with Gasteiger partial charge in [0.05, 0.1) is 13.2 Å². The maximum absolute atomic E-state index is 5.68. The summed E-state index contributed by atoms with van der Waals surface area (Å²) in [5.41, 5.74) is 1.01. The van der Waals surface area contributed by atoms with Crippen LogP contribution in [0.2, 0.25) is 0 Å². The van der Waals surface area contributed by atoms with Gasteiger partial charge in [0, 0.05) is 36.7 Å². The fourth-order valence-corrected chi connectivity index (χ4v) is 2.74. The van der Waals surface area contributed by atoms with Gasteiger partial charge in [0.2, 0.25) is 5.88 Å². The Labute approximate surface area is 114 Å². The van der Waals surface area contributed by atoms with Crippen LogP contribution in [-0.4, -0.2) is 42.4 Å². The lowest BCUT2D eigenvalue weighted by atomic mass is 9.90. The molecule has 0 spiro atoms. The molecule has 2 heterocycles. The maximum atomic E-state index is 5.68. The van der Waals surface area contributed by atoms with E-state index in [1.807, 2.05) is 6.07 Å². The van der Waals surface area contributed by atoms with Crippen LogP contribution in [0.3, 0.4) is 0 Å². The highest BCUT2D eigenvalue weighted by Gasteiger charge is 2.31. The maximum Gasteiger partial charge on any atom is 0.216 e. The zero-order valence-electron chi connectivity index (χ0n) is 11.9. The zero-order chi connectivity index (χ0) is 13.7. The number of hydrogen-bond acceptors (Lipinski definition) is 5. The summed E-state index contributed by atoms with van der Waals surface area (Å²) >= 11 is 0. The number of nitrogens with zero attached hydrogens (tertiary/aromatic N) is 2. The van der Waals surface area contributed by atoms with Gasteiger partial charge in [-0.2, -0.15) is 0 Å². The molecule has 1 aliphatic heterocycles. The highest BCUT2D eigenvalue weighted by molar-refractivity contribution is 5.14. The van der Waals surface area contributed by atoms with Gasteiger partial charge in [-0.1, -0.05) is 6.92 Å². The summed E-state index contributed by atoms with van der Waals surface area (Å²) in [6.07, 6.45) is 3.87. The lowest BCUT2D eigenvalue weighted by Gasteiger charge is -2.26. The van der Waals surface area contributed by atoms with Crippen LogP contribution in [0.15, 0.2) is 12.4 Å². The highest BCUT2D eigenvalue weighted by Crippen LogP contribution is 2.26. The Balaban J connectivity index is 2.06. The summed E-state index contributed by atoms with van der Waals surface area (Å²) in [4.78, 5) is 8.38. The van der Waals surface area contributed by atoms with Crippen LogP contribution in [-0.2, 0) is 11.2 Å². The number of hydrogen-bond donors (Lipinski definition) is 1. The summed E-state index contributed by atoms with van der Waals surface area (Å²) in [7, 11) is 1.63. The molecule has 5 nitrogen and oxygen atoms in total. The Morgan fingerprint density at radius 2 is 2.37 bits per heavy atom. The van der Waals surface area contributed by atoms with Crippen LogP contribution in [0.5, 0.6) is 5.88 Å². The van der Waals surface area contributed by atoms with E-state index < -0.39 is 0 Å². The molecule has 0 bridgehead atoms. The first-order valence-corrected chi connectivity index (χ1v) is 6.94. The number of methoxy groups -OCH3 is 1. The average molecular weight is 265 g/mol. The first kappa shape index (κ1) is 14.2. The van der Waals surface area contributed by atoms with Crippen molar-refractivity contribution in [3.8, 4) is 5.88 Å². The van der Waals surface area contributed by atoms with E-state index in [0.29, 0.717) is 23.9 Å². The summed E-state index contributed by atoms with van der Waals surface area (Å²) in [5.74, 6) is 1.16. The van der Waals surface area contributed by atoms with Gasteiger partial charge >= 0.3 is 0 Å². The second-order valence-corrected chi connectivity index (χ2v) is 4.95. The van der Waals surface area contributed by atoms with Crippen molar-refractivity contribution in [1.29, 1.82) is 0 Å². The molecule has 2 rings (SSSR count). The van der Waals surface area contributed by atoms with Crippen molar-refractivity contribution in [1.82, 2.24) is 15.3 Å². The van der Waals surface area contributed by atoms with Crippen molar-refractivity contribution < 1.29 is 9.47 Å². The molecule has 1 saturated heterocycles. The van der Waals surface area contributed by atoms with Crippen molar-refractivity contribution in [2.45, 2.75) is 38.8 Å². The highest BCUT2D eigenvalue weighted by atomic mass is 16.5. The third kappa shape index (κ3) is 3.64. The minimum absolute atomic E-state index is 0.313. The second kappa shape index (κ2) is 6.82. The molecule has 1 aliphatic rings. The van der Waals surface area contributed by atoms with Crippen molar-refractivity contribution in [3.05, 3.63) is 18.1 Å². The molecule has 0 amide bonds. The summed E-state index contributed by atoms with van der Waals surface area (Å²) in [6, 6.07) is 2.30. The molecule has 0 aromatic carbocycles. The first-order chi connectivity index (χ1) is 9.24. The van der Waals surface area contributed by atoms with Crippen LogP contribution in [0.4, 0.5) is 0 Å². The number of aromatic nitrogens is 2. The van der Waals surface area contributed by atoms with Gasteiger partial charge < -0.3 is 14.8 Å². The van der Waals surface area contributed by atoms with E-state index in [2.05, 4.69) is 29.1 Å². The molecule has 19 heavy (non-hydrogen) atoms. The standard InChI is InChI=1S/C14H23N3O2/c1-4-15-13(12-5-6-19-10(12)2)7-11-8-14(18-3)17-9-16-11/h8-10,12-13,15H,4-7H2,1-3H3. The number of rotatable bonds is 6. The SMILES string of the molecule is CCNC(Cc1cc(OC)ncn1)C1CCOC1C. The average Bonchev–Trinajstić information content (AvgIpc) is 2.85. The van der Waals surface area contributed by atoms with E-state index in [4.69, 9.17) is 9.47 Å².